The molecule has 1 aromatic heterocycles. The van der Waals surface area contributed by atoms with Crippen molar-refractivity contribution in [1.29, 1.82) is 5.26 Å². The lowest BCUT2D eigenvalue weighted by molar-refractivity contribution is 0.0698. The summed E-state index contributed by atoms with van der Waals surface area (Å²) in [5.74, 6) is -1.93. The molecule has 0 spiro atoms. The first-order valence-corrected chi connectivity index (χ1v) is 6.47. The summed E-state index contributed by atoms with van der Waals surface area (Å²) in [5.41, 5.74) is -0.0275. The lowest BCUT2D eigenvalue weighted by atomic mass is 10.2. The van der Waals surface area contributed by atoms with E-state index in [2.05, 4.69) is 10.6 Å². The van der Waals surface area contributed by atoms with Gasteiger partial charge in [-0.25, -0.2) is 14.0 Å². The van der Waals surface area contributed by atoms with E-state index < -0.39 is 17.8 Å². The van der Waals surface area contributed by atoms with Crippen molar-refractivity contribution in [3.8, 4) is 6.07 Å². The van der Waals surface area contributed by atoms with Crippen molar-refractivity contribution in [3.63, 3.8) is 0 Å². The molecule has 0 saturated heterocycles. The van der Waals surface area contributed by atoms with Crippen LogP contribution in [-0.4, -0.2) is 17.1 Å². The van der Waals surface area contributed by atoms with Crippen molar-refractivity contribution >= 4 is 34.0 Å². The number of thiophene rings is 1. The Bertz CT molecular complexity index is 751. The number of hydrogen-bond acceptors (Lipinski definition) is 4. The van der Waals surface area contributed by atoms with E-state index in [1.54, 1.807) is 6.07 Å². The third-order valence-corrected chi connectivity index (χ3v) is 3.30. The monoisotopic (exact) mass is 305 g/mol. The molecular formula is C13H8FN3O3S. The van der Waals surface area contributed by atoms with Crippen LogP contribution in [0.5, 0.6) is 0 Å². The van der Waals surface area contributed by atoms with Gasteiger partial charge in [-0.15, -0.1) is 11.3 Å². The van der Waals surface area contributed by atoms with Gasteiger partial charge in [-0.3, -0.25) is 5.32 Å². The molecule has 6 nitrogen and oxygen atoms in total. The molecule has 0 fully saturated rings. The van der Waals surface area contributed by atoms with Crippen LogP contribution in [0.3, 0.4) is 0 Å². The van der Waals surface area contributed by atoms with E-state index in [0.29, 0.717) is 0 Å². The van der Waals surface area contributed by atoms with Crippen LogP contribution in [0.25, 0.3) is 0 Å². The van der Waals surface area contributed by atoms with E-state index in [4.69, 9.17) is 10.4 Å². The van der Waals surface area contributed by atoms with Gasteiger partial charge in [0.2, 0.25) is 0 Å². The topological polar surface area (TPSA) is 102 Å². The summed E-state index contributed by atoms with van der Waals surface area (Å²) in [6, 6.07) is 5.94. The Balaban J connectivity index is 2.10. The largest absolute Gasteiger partial charge is 0.478 e. The highest BCUT2D eigenvalue weighted by molar-refractivity contribution is 7.14. The van der Waals surface area contributed by atoms with Crippen LogP contribution in [0, 0.1) is 17.1 Å². The molecule has 1 aromatic carbocycles. The fourth-order valence-corrected chi connectivity index (χ4v) is 2.29. The normalized spacial score (nSPS) is 9.71. The molecule has 21 heavy (non-hydrogen) atoms. The zero-order chi connectivity index (χ0) is 15.4. The SMILES string of the molecule is N#Cc1ccc(NC(=O)Nc2sccc2C(=O)O)c(F)c1. The van der Waals surface area contributed by atoms with Crippen molar-refractivity contribution in [2.45, 2.75) is 0 Å². The molecule has 0 radical (unpaired) electrons. The Hall–Kier alpha value is -2.92. The number of nitriles is 1. The van der Waals surface area contributed by atoms with E-state index in [9.17, 15) is 14.0 Å². The molecule has 0 saturated carbocycles. The van der Waals surface area contributed by atoms with Crippen molar-refractivity contribution in [1.82, 2.24) is 0 Å². The fourth-order valence-electron chi connectivity index (χ4n) is 1.52. The number of amides is 2. The summed E-state index contributed by atoms with van der Waals surface area (Å²) in [4.78, 5) is 22.6. The maximum absolute atomic E-state index is 13.6. The van der Waals surface area contributed by atoms with Crippen LogP contribution < -0.4 is 10.6 Å². The molecule has 2 aromatic rings. The number of urea groups is 1. The number of nitrogens with one attached hydrogen (secondary N) is 2. The second-order valence-electron chi connectivity index (χ2n) is 3.85. The van der Waals surface area contributed by atoms with Crippen LogP contribution >= 0.6 is 11.3 Å². The lowest BCUT2D eigenvalue weighted by Gasteiger charge is -2.08. The molecule has 3 N–H and O–H groups in total. The van der Waals surface area contributed by atoms with Gasteiger partial charge >= 0.3 is 12.0 Å². The van der Waals surface area contributed by atoms with Crippen molar-refractivity contribution < 1.29 is 19.1 Å². The molecule has 1 heterocycles. The number of carbonyl (C=O) groups excluding carboxylic acids is 1. The van der Waals surface area contributed by atoms with Crippen LogP contribution in [0.4, 0.5) is 19.9 Å². The molecule has 0 aliphatic rings. The molecule has 0 unspecified atom stereocenters. The number of hydrogen-bond donors (Lipinski definition) is 3. The Morgan fingerprint density at radius 2 is 2.05 bits per heavy atom. The van der Waals surface area contributed by atoms with E-state index in [-0.39, 0.29) is 21.8 Å². The first-order valence-electron chi connectivity index (χ1n) is 5.59. The number of aromatic carboxylic acids is 1. The van der Waals surface area contributed by atoms with Gasteiger partial charge < -0.3 is 10.4 Å². The summed E-state index contributed by atoms with van der Waals surface area (Å²) >= 11 is 1.04. The van der Waals surface area contributed by atoms with Crippen LogP contribution in [0.2, 0.25) is 0 Å². The molecule has 0 aliphatic heterocycles. The van der Waals surface area contributed by atoms with Crippen molar-refractivity contribution in [3.05, 3.63) is 46.6 Å². The Morgan fingerprint density at radius 1 is 1.29 bits per heavy atom. The number of carbonyl (C=O) groups is 2. The second-order valence-corrected chi connectivity index (χ2v) is 4.77. The average molecular weight is 305 g/mol. The van der Waals surface area contributed by atoms with E-state index >= 15 is 0 Å². The molecule has 2 amide bonds. The van der Waals surface area contributed by atoms with Crippen LogP contribution in [0.1, 0.15) is 15.9 Å². The first kappa shape index (κ1) is 14.5. The lowest BCUT2D eigenvalue weighted by Crippen LogP contribution is -2.20. The van der Waals surface area contributed by atoms with Gasteiger partial charge in [0.25, 0.3) is 0 Å². The number of anilines is 2. The summed E-state index contributed by atoms with van der Waals surface area (Å²) in [5, 5.41) is 23.8. The molecular weight excluding hydrogens is 297 g/mol. The van der Waals surface area contributed by atoms with Crippen LogP contribution in [0.15, 0.2) is 29.6 Å². The minimum absolute atomic E-state index is 0.0459. The zero-order valence-corrected chi connectivity index (χ0v) is 11.2. The van der Waals surface area contributed by atoms with E-state index in [1.807, 2.05) is 0 Å². The highest BCUT2D eigenvalue weighted by Gasteiger charge is 2.14. The van der Waals surface area contributed by atoms with Gasteiger partial charge in [0, 0.05) is 0 Å². The molecule has 0 bridgehead atoms. The first-order chi connectivity index (χ1) is 10.0. The van der Waals surface area contributed by atoms with Crippen LogP contribution in [-0.2, 0) is 0 Å². The second kappa shape index (κ2) is 6.02. The summed E-state index contributed by atoms with van der Waals surface area (Å²) in [7, 11) is 0. The Kier molecular flexibility index (Phi) is 4.15. The predicted octanol–water partition coefficient (Wildman–Crippen LogP) is 3.10. The third-order valence-electron chi connectivity index (χ3n) is 2.47. The summed E-state index contributed by atoms with van der Waals surface area (Å²) in [6.07, 6.45) is 0. The Labute approximate surface area is 122 Å². The molecule has 8 heteroatoms. The summed E-state index contributed by atoms with van der Waals surface area (Å²) in [6.45, 7) is 0. The van der Waals surface area contributed by atoms with Gasteiger partial charge in [-0.1, -0.05) is 0 Å². The van der Waals surface area contributed by atoms with Gasteiger partial charge in [0.1, 0.15) is 10.8 Å². The van der Waals surface area contributed by atoms with Crippen molar-refractivity contribution in [2.75, 3.05) is 10.6 Å². The predicted molar refractivity (Wildman–Crippen MR) is 75.0 cm³/mol. The minimum Gasteiger partial charge on any atom is -0.478 e. The molecule has 106 valence electrons. The maximum atomic E-state index is 13.6. The maximum Gasteiger partial charge on any atom is 0.338 e. The summed E-state index contributed by atoms with van der Waals surface area (Å²) < 4.78 is 13.6. The molecule has 0 atom stereocenters. The highest BCUT2D eigenvalue weighted by atomic mass is 32.1. The highest BCUT2D eigenvalue weighted by Crippen LogP contribution is 2.23. The number of benzene rings is 1. The molecule has 0 aliphatic carbocycles. The average Bonchev–Trinajstić information content (AvgIpc) is 2.89. The number of rotatable bonds is 3. The quantitative estimate of drug-likeness (QED) is 0.810. The van der Waals surface area contributed by atoms with Gasteiger partial charge in [0.05, 0.1) is 22.9 Å². The fraction of sp³-hybridized carbons (Fsp3) is 0. The third kappa shape index (κ3) is 3.34. The zero-order valence-electron chi connectivity index (χ0n) is 10.4. The number of carboxylic acid groups (broad SMARTS) is 1. The number of carboxylic acids is 1. The van der Waals surface area contributed by atoms with Gasteiger partial charge in [-0.2, -0.15) is 5.26 Å². The number of halogens is 1. The minimum atomic E-state index is -1.17. The van der Waals surface area contributed by atoms with Crippen molar-refractivity contribution in [2.24, 2.45) is 0 Å². The van der Waals surface area contributed by atoms with Gasteiger partial charge in [0.15, 0.2) is 0 Å². The Morgan fingerprint density at radius 3 is 2.67 bits per heavy atom. The van der Waals surface area contributed by atoms with E-state index in [1.165, 1.54) is 23.6 Å². The molecule has 2 rings (SSSR count). The number of nitrogens with zero attached hydrogens (tertiary/aromatic N) is 1. The van der Waals surface area contributed by atoms with E-state index in [0.717, 1.165) is 17.4 Å². The van der Waals surface area contributed by atoms with Gasteiger partial charge in [-0.05, 0) is 29.6 Å². The standard InChI is InChI=1S/C13H8FN3O3S/c14-9-5-7(6-15)1-2-10(9)16-13(20)17-11-8(12(18)19)3-4-21-11/h1-5H,(H,18,19)(H2,16,17,20). The smallest absolute Gasteiger partial charge is 0.338 e.